The van der Waals surface area contributed by atoms with Crippen LogP contribution >= 0.6 is 11.3 Å². The van der Waals surface area contributed by atoms with Gasteiger partial charge >= 0.3 is 0 Å². The summed E-state index contributed by atoms with van der Waals surface area (Å²) < 4.78 is 9.09. The summed E-state index contributed by atoms with van der Waals surface area (Å²) in [4.78, 5) is 2.36. The number of rotatable bonds is 6. The van der Waals surface area contributed by atoms with E-state index in [1.54, 1.807) is 0 Å². The Hall–Kier alpha value is -7.20. The first-order chi connectivity index (χ1) is 31.1. The van der Waals surface area contributed by atoms with Crippen LogP contribution in [0, 0.1) is 0 Å². The summed E-state index contributed by atoms with van der Waals surface area (Å²) >= 11 is 1.86. The summed E-state index contributed by atoms with van der Waals surface area (Å²) in [6, 6.07) is 71.5. The first kappa shape index (κ1) is 38.5. The largest absolute Gasteiger partial charge is 0.455 e. The summed E-state index contributed by atoms with van der Waals surface area (Å²) in [6.45, 7) is 11.6. The van der Waals surface area contributed by atoms with E-state index in [9.17, 15) is 0 Å². The standard InChI is InChI=1S/C61H47NOS/c1-60(2,3)43-25-32-48-52-35-41(23-33-54(52)61(4,5)55(48)37-43)38-17-26-44(27-18-38)62(45-28-19-39(20-29-45)42-24-34-58-53(36-42)50-12-7-9-16-57(50)64-58)46-30-21-40(22-31-46)47-13-10-14-51-49-11-6-8-15-56(49)63-59(47)51/h6-37H,1-5H3. The molecule has 1 aliphatic rings. The van der Waals surface area contributed by atoms with E-state index in [0.717, 1.165) is 50.1 Å². The Morgan fingerprint density at radius 3 is 1.70 bits per heavy atom. The second-order valence-electron chi connectivity index (χ2n) is 19.0. The number of benzene rings is 9. The van der Waals surface area contributed by atoms with Crippen molar-refractivity contribution < 1.29 is 4.42 Å². The number of anilines is 3. The maximum Gasteiger partial charge on any atom is 0.143 e. The van der Waals surface area contributed by atoms with Crippen molar-refractivity contribution in [3.63, 3.8) is 0 Å². The van der Waals surface area contributed by atoms with Crippen molar-refractivity contribution in [1.82, 2.24) is 0 Å². The smallest absolute Gasteiger partial charge is 0.143 e. The van der Waals surface area contributed by atoms with Crippen molar-refractivity contribution in [3.05, 3.63) is 211 Å². The zero-order chi connectivity index (χ0) is 43.3. The van der Waals surface area contributed by atoms with Gasteiger partial charge in [0.15, 0.2) is 0 Å². The first-order valence-electron chi connectivity index (χ1n) is 22.3. The lowest BCUT2D eigenvalue weighted by molar-refractivity contribution is 0.584. The topological polar surface area (TPSA) is 16.4 Å². The minimum absolute atomic E-state index is 0.0521. The maximum atomic E-state index is 6.45. The lowest BCUT2D eigenvalue weighted by Gasteiger charge is -2.26. The van der Waals surface area contributed by atoms with Gasteiger partial charge in [0.05, 0.1) is 0 Å². The molecule has 0 atom stereocenters. The number of nitrogens with zero attached hydrogens (tertiary/aromatic N) is 1. The highest BCUT2D eigenvalue weighted by Crippen LogP contribution is 2.51. The van der Waals surface area contributed by atoms with Gasteiger partial charge < -0.3 is 9.32 Å². The van der Waals surface area contributed by atoms with Crippen LogP contribution in [0.1, 0.15) is 51.3 Å². The van der Waals surface area contributed by atoms with Crippen molar-refractivity contribution >= 4 is 70.5 Å². The monoisotopic (exact) mass is 841 g/mol. The van der Waals surface area contributed by atoms with Gasteiger partial charge in [0.25, 0.3) is 0 Å². The second kappa shape index (κ2) is 14.4. The van der Waals surface area contributed by atoms with Crippen molar-refractivity contribution in [2.24, 2.45) is 0 Å². The van der Waals surface area contributed by atoms with E-state index in [1.807, 2.05) is 23.5 Å². The van der Waals surface area contributed by atoms with Gasteiger partial charge in [-0.3, -0.25) is 0 Å². The lowest BCUT2D eigenvalue weighted by Crippen LogP contribution is -2.17. The average molecular weight is 842 g/mol. The zero-order valence-corrected chi connectivity index (χ0v) is 37.6. The summed E-state index contributed by atoms with van der Waals surface area (Å²) in [5.74, 6) is 0. The number of fused-ring (bicyclic) bond motifs is 9. The van der Waals surface area contributed by atoms with Gasteiger partial charge in [-0.25, -0.2) is 0 Å². The maximum absolute atomic E-state index is 6.45. The van der Waals surface area contributed by atoms with E-state index in [2.05, 4.69) is 222 Å². The molecule has 12 rings (SSSR count). The molecular formula is C61H47NOS. The van der Waals surface area contributed by atoms with Crippen LogP contribution in [0.5, 0.6) is 0 Å². The molecule has 64 heavy (non-hydrogen) atoms. The van der Waals surface area contributed by atoms with E-state index in [4.69, 9.17) is 4.42 Å². The highest BCUT2D eigenvalue weighted by Gasteiger charge is 2.36. The molecule has 0 fully saturated rings. The highest BCUT2D eigenvalue weighted by molar-refractivity contribution is 7.25. The van der Waals surface area contributed by atoms with Crippen LogP contribution in [0.15, 0.2) is 199 Å². The molecule has 2 nitrogen and oxygen atoms in total. The molecule has 0 radical (unpaired) electrons. The molecule has 0 bridgehead atoms. The fourth-order valence-electron chi connectivity index (χ4n) is 10.1. The summed E-state index contributed by atoms with van der Waals surface area (Å²) in [5.41, 5.74) is 19.1. The summed E-state index contributed by atoms with van der Waals surface area (Å²) in [7, 11) is 0. The third-order valence-corrected chi connectivity index (χ3v) is 14.8. The van der Waals surface area contributed by atoms with Crippen LogP contribution in [0.3, 0.4) is 0 Å². The highest BCUT2D eigenvalue weighted by atomic mass is 32.1. The van der Waals surface area contributed by atoms with Gasteiger partial charge in [0.2, 0.25) is 0 Å². The van der Waals surface area contributed by atoms with Crippen LogP contribution in [-0.4, -0.2) is 0 Å². The molecule has 1 aliphatic carbocycles. The Labute approximate surface area is 378 Å². The molecule has 9 aromatic carbocycles. The number of thiophene rings is 1. The van der Waals surface area contributed by atoms with Gasteiger partial charge in [-0.1, -0.05) is 162 Å². The summed E-state index contributed by atoms with van der Waals surface area (Å²) in [5, 5.41) is 4.91. The van der Waals surface area contributed by atoms with Crippen molar-refractivity contribution in [3.8, 4) is 44.5 Å². The second-order valence-corrected chi connectivity index (χ2v) is 20.0. The Morgan fingerprint density at radius 1 is 0.422 bits per heavy atom. The Morgan fingerprint density at radius 2 is 1.00 bits per heavy atom. The molecule has 0 N–H and O–H groups in total. The van der Waals surface area contributed by atoms with Crippen LogP contribution in [0.4, 0.5) is 17.1 Å². The van der Waals surface area contributed by atoms with Crippen LogP contribution in [0.25, 0.3) is 86.6 Å². The Kier molecular flexibility index (Phi) is 8.67. The predicted octanol–water partition coefficient (Wildman–Crippen LogP) is 18.0. The molecule has 0 saturated carbocycles. The average Bonchev–Trinajstić information content (AvgIpc) is 3.96. The first-order valence-corrected chi connectivity index (χ1v) is 23.1. The Bertz CT molecular complexity index is 3600. The van der Waals surface area contributed by atoms with Crippen molar-refractivity contribution in [2.45, 2.75) is 45.4 Å². The van der Waals surface area contributed by atoms with Gasteiger partial charge in [-0.2, -0.15) is 0 Å². The molecule has 0 aliphatic heterocycles. The quantitative estimate of drug-likeness (QED) is 0.166. The van der Waals surface area contributed by atoms with E-state index in [-0.39, 0.29) is 10.8 Å². The van der Waals surface area contributed by atoms with Crippen molar-refractivity contribution in [1.29, 1.82) is 0 Å². The number of para-hydroxylation sites is 2. The minimum Gasteiger partial charge on any atom is -0.455 e. The minimum atomic E-state index is -0.0521. The van der Waals surface area contributed by atoms with Crippen LogP contribution in [0.2, 0.25) is 0 Å². The van der Waals surface area contributed by atoms with E-state index >= 15 is 0 Å². The molecule has 2 aromatic heterocycles. The van der Waals surface area contributed by atoms with Gasteiger partial charge in [0.1, 0.15) is 11.2 Å². The Balaban J connectivity index is 0.920. The molecule has 0 saturated heterocycles. The van der Waals surface area contributed by atoms with Crippen LogP contribution in [-0.2, 0) is 10.8 Å². The molecule has 0 spiro atoms. The molecule has 2 heterocycles. The van der Waals surface area contributed by atoms with E-state index in [0.29, 0.717) is 0 Å². The van der Waals surface area contributed by atoms with Crippen molar-refractivity contribution in [2.75, 3.05) is 4.90 Å². The normalized spacial score (nSPS) is 13.2. The summed E-state index contributed by atoms with van der Waals surface area (Å²) in [6.07, 6.45) is 0. The molecule has 0 amide bonds. The zero-order valence-electron chi connectivity index (χ0n) is 36.7. The van der Waals surface area contributed by atoms with E-state index in [1.165, 1.54) is 70.2 Å². The molecular weight excluding hydrogens is 795 g/mol. The lowest BCUT2D eigenvalue weighted by atomic mass is 9.79. The van der Waals surface area contributed by atoms with Gasteiger partial charge in [0, 0.05) is 59.0 Å². The van der Waals surface area contributed by atoms with Gasteiger partial charge in [-0.15, -0.1) is 11.3 Å². The molecule has 3 heteroatoms. The third kappa shape index (κ3) is 6.21. The van der Waals surface area contributed by atoms with E-state index < -0.39 is 0 Å². The number of hydrogen-bond donors (Lipinski definition) is 0. The van der Waals surface area contributed by atoms with Gasteiger partial charge in [-0.05, 0) is 128 Å². The third-order valence-electron chi connectivity index (χ3n) is 13.7. The molecule has 308 valence electrons. The fraction of sp³-hybridized carbons (Fsp3) is 0.115. The van der Waals surface area contributed by atoms with Crippen LogP contribution < -0.4 is 4.90 Å². The number of furan rings is 1. The predicted molar refractivity (Wildman–Crippen MR) is 274 cm³/mol. The molecule has 11 aromatic rings. The fourth-order valence-corrected chi connectivity index (χ4v) is 11.2. The number of hydrogen-bond acceptors (Lipinski definition) is 3. The SMILES string of the molecule is CC(C)(C)c1ccc2c(c1)C(C)(C)c1ccc(-c3ccc(N(c4ccc(-c5ccc6sc7ccccc7c6c5)cc4)c4ccc(-c5cccc6c5oc5ccccc56)cc4)cc3)cc1-2. The molecule has 0 unspecified atom stereocenters.